The maximum absolute atomic E-state index is 14.2. The second-order valence-electron chi connectivity index (χ2n) is 5.81. The van der Waals surface area contributed by atoms with Crippen molar-refractivity contribution in [3.63, 3.8) is 0 Å². The van der Waals surface area contributed by atoms with Crippen LogP contribution in [0.15, 0.2) is 18.2 Å². The molecule has 1 rings (SSSR count). The zero-order valence-electron chi connectivity index (χ0n) is 12.8. The predicted octanol–water partition coefficient (Wildman–Crippen LogP) is 5.00. The highest BCUT2D eigenvalue weighted by Crippen LogP contribution is 2.25. The number of hydrogen-bond acceptors (Lipinski definition) is 1. The Kier molecular flexibility index (Phi) is 7.07. The van der Waals surface area contributed by atoms with Gasteiger partial charge in [0.25, 0.3) is 0 Å². The third-order valence-electron chi connectivity index (χ3n) is 3.51. The fourth-order valence-electron chi connectivity index (χ4n) is 2.36. The molecule has 0 amide bonds. The number of rotatable bonds is 8. The molecule has 0 spiro atoms. The summed E-state index contributed by atoms with van der Waals surface area (Å²) in [6.07, 6.45) is 4.44. The van der Waals surface area contributed by atoms with Crippen molar-refractivity contribution in [1.82, 2.24) is 5.32 Å². The highest BCUT2D eigenvalue weighted by Gasteiger charge is 2.16. The summed E-state index contributed by atoms with van der Waals surface area (Å²) < 4.78 is 14.2. The van der Waals surface area contributed by atoms with E-state index in [9.17, 15) is 4.39 Å². The summed E-state index contributed by atoms with van der Waals surface area (Å²) in [6, 6.07) is 5.87. The largest absolute Gasteiger partial charge is 0.310 e. The fourth-order valence-corrected chi connectivity index (χ4v) is 2.36. The van der Waals surface area contributed by atoms with Gasteiger partial charge in [-0.1, -0.05) is 51.8 Å². The van der Waals surface area contributed by atoms with E-state index in [4.69, 9.17) is 0 Å². The molecule has 1 aromatic carbocycles. The standard InChI is InChI=1S/C17H28FN/c1-5-12-19-16(11-6-8-13(2)3)15-10-7-9-14(4)17(15)18/h7,9-10,13,16,19H,5-6,8,11-12H2,1-4H3. The van der Waals surface area contributed by atoms with Crippen molar-refractivity contribution in [1.29, 1.82) is 0 Å². The molecule has 0 saturated carbocycles. The summed E-state index contributed by atoms with van der Waals surface area (Å²) >= 11 is 0. The summed E-state index contributed by atoms with van der Waals surface area (Å²) in [7, 11) is 0. The summed E-state index contributed by atoms with van der Waals surface area (Å²) in [5, 5.41) is 3.49. The van der Waals surface area contributed by atoms with Gasteiger partial charge < -0.3 is 5.32 Å². The van der Waals surface area contributed by atoms with Gasteiger partial charge in [-0.3, -0.25) is 0 Å². The lowest BCUT2D eigenvalue weighted by Gasteiger charge is -2.20. The molecule has 0 aliphatic carbocycles. The molecule has 1 aromatic rings. The molecule has 1 atom stereocenters. The van der Waals surface area contributed by atoms with Crippen LogP contribution in [0.25, 0.3) is 0 Å². The number of benzene rings is 1. The second kappa shape index (κ2) is 8.31. The Morgan fingerprint density at radius 2 is 1.95 bits per heavy atom. The molecule has 0 radical (unpaired) electrons. The first-order valence-corrected chi connectivity index (χ1v) is 7.54. The summed E-state index contributed by atoms with van der Waals surface area (Å²) in [5.41, 5.74) is 1.57. The van der Waals surface area contributed by atoms with Crippen LogP contribution in [-0.2, 0) is 0 Å². The second-order valence-corrected chi connectivity index (χ2v) is 5.81. The van der Waals surface area contributed by atoms with Gasteiger partial charge in [0.05, 0.1) is 0 Å². The molecule has 0 heterocycles. The Hall–Kier alpha value is -0.890. The van der Waals surface area contributed by atoms with Gasteiger partial charge in [-0.15, -0.1) is 0 Å². The van der Waals surface area contributed by atoms with Crippen molar-refractivity contribution in [3.8, 4) is 0 Å². The first-order valence-electron chi connectivity index (χ1n) is 7.54. The van der Waals surface area contributed by atoms with Gasteiger partial charge in [0, 0.05) is 11.6 Å². The van der Waals surface area contributed by atoms with Crippen molar-refractivity contribution in [3.05, 3.63) is 35.1 Å². The molecule has 0 saturated heterocycles. The molecule has 19 heavy (non-hydrogen) atoms. The van der Waals surface area contributed by atoms with Crippen LogP contribution in [0.1, 0.15) is 63.6 Å². The van der Waals surface area contributed by atoms with Crippen LogP contribution < -0.4 is 5.32 Å². The minimum Gasteiger partial charge on any atom is -0.310 e. The third-order valence-corrected chi connectivity index (χ3v) is 3.51. The SMILES string of the molecule is CCCNC(CCCC(C)C)c1cccc(C)c1F. The number of hydrogen-bond donors (Lipinski definition) is 1. The summed E-state index contributed by atoms with van der Waals surface area (Å²) in [4.78, 5) is 0. The number of aryl methyl sites for hydroxylation is 1. The maximum Gasteiger partial charge on any atom is 0.130 e. The van der Waals surface area contributed by atoms with Crippen LogP contribution in [-0.4, -0.2) is 6.54 Å². The van der Waals surface area contributed by atoms with Gasteiger partial charge in [-0.2, -0.15) is 0 Å². The zero-order valence-corrected chi connectivity index (χ0v) is 12.8. The van der Waals surface area contributed by atoms with E-state index in [0.29, 0.717) is 5.92 Å². The Balaban J connectivity index is 2.74. The fraction of sp³-hybridized carbons (Fsp3) is 0.647. The van der Waals surface area contributed by atoms with Gasteiger partial charge in [-0.25, -0.2) is 4.39 Å². The van der Waals surface area contributed by atoms with Crippen LogP contribution in [0.3, 0.4) is 0 Å². The normalized spacial score (nSPS) is 12.9. The highest BCUT2D eigenvalue weighted by atomic mass is 19.1. The van der Waals surface area contributed by atoms with Gasteiger partial charge >= 0.3 is 0 Å². The Bertz CT molecular complexity index is 374. The van der Waals surface area contributed by atoms with Crippen LogP contribution >= 0.6 is 0 Å². The molecule has 108 valence electrons. The molecule has 1 N–H and O–H groups in total. The van der Waals surface area contributed by atoms with Crippen LogP contribution in [0.5, 0.6) is 0 Å². The van der Waals surface area contributed by atoms with Crippen molar-refractivity contribution in [2.45, 2.75) is 59.4 Å². The van der Waals surface area contributed by atoms with E-state index in [1.165, 1.54) is 6.42 Å². The van der Waals surface area contributed by atoms with Crippen LogP contribution in [0.2, 0.25) is 0 Å². The molecule has 0 bridgehead atoms. The first kappa shape index (κ1) is 16.2. The van der Waals surface area contributed by atoms with Crippen molar-refractivity contribution < 1.29 is 4.39 Å². The number of halogens is 1. The topological polar surface area (TPSA) is 12.0 Å². The summed E-state index contributed by atoms with van der Waals surface area (Å²) in [6.45, 7) is 9.40. The van der Waals surface area contributed by atoms with Crippen molar-refractivity contribution >= 4 is 0 Å². The lowest BCUT2D eigenvalue weighted by Crippen LogP contribution is -2.23. The minimum atomic E-state index is -0.0411. The van der Waals surface area contributed by atoms with E-state index in [1.54, 1.807) is 0 Å². The molecule has 0 aliphatic rings. The Morgan fingerprint density at radius 3 is 2.58 bits per heavy atom. The molecule has 1 nitrogen and oxygen atoms in total. The Morgan fingerprint density at radius 1 is 1.21 bits per heavy atom. The van der Waals surface area contributed by atoms with Gasteiger partial charge in [0.1, 0.15) is 5.82 Å². The minimum absolute atomic E-state index is 0.0411. The molecule has 1 unspecified atom stereocenters. The Labute approximate surface area is 117 Å². The van der Waals surface area contributed by atoms with E-state index in [-0.39, 0.29) is 11.9 Å². The van der Waals surface area contributed by atoms with E-state index >= 15 is 0 Å². The third kappa shape index (κ3) is 5.32. The quantitative estimate of drug-likeness (QED) is 0.697. The zero-order chi connectivity index (χ0) is 14.3. The van der Waals surface area contributed by atoms with Gasteiger partial charge in [0.2, 0.25) is 0 Å². The molecule has 0 aromatic heterocycles. The maximum atomic E-state index is 14.2. The van der Waals surface area contributed by atoms with Crippen LogP contribution in [0, 0.1) is 18.7 Å². The molecular formula is C17H28FN. The van der Waals surface area contributed by atoms with E-state index < -0.39 is 0 Å². The van der Waals surface area contributed by atoms with Gasteiger partial charge in [0.15, 0.2) is 0 Å². The van der Waals surface area contributed by atoms with Crippen LogP contribution in [0.4, 0.5) is 4.39 Å². The first-order chi connectivity index (χ1) is 9.06. The molecule has 0 aliphatic heterocycles. The van der Waals surface area contributed by atoms with Crippen molar-refractivity contribution in [2.24, 2.45) is 5.92 Å². The van der Waals surface area contributed by atoms with E-state index in [1.807, 2.05) is 25.1 Å². The van der Waals surface area contributed by atoms with E-state index in [0.717, 1.165) is 36.9 Å². The average Bonchev–Trinajstić information content (AvgIpc) is 2.37. The molecule has 2 heteroatoms. The summed E-state index contributed by atoms with van der Waals surface area (Å²) in [5.74, 6) is 0.676. The molecule has 0 fully saturated rings. The van der Waals surface area contributed by atoms with Crippen molar-refractivity contribution in [2.75, 3.05) is 6.54 Å². The molecular weight excluding hydrogens is 237 g/mol. The predicted molar refractivity (Wildman–Crippen MR) is 80.9 cm³/mol. The monoisotopic (exact) mass is 265 g/mol. The van der Waals surface area contributed by atoms with E-state index in [2.05, 4.69) is 26.1 Å². The lowest BCUT2D eigenvalue weighted by molar-refractivity contribution is 0.433. The number of nitrogens with one attached hydrogen (secondary N) is 1. The smallest absolute Gasteiger partial charge is 0.130 e. The highest BCUT2D eigenvalue weighted by molar-refractivity contribution is 5.27. The lowest BCUT2D eigenvalue weighted by atomic mass is 9.96. The van der Waals surface area contributed by atoms with Gasteiger partial charge in [-0.05, 0) is 37.8 Å². The average molecular weight is 265 g/mol.